The summed E-state index contributed by atoms with van der Waals surface area (Å²) in [5.74, 6) is 0. The Morgan fingerprint density at radius 1 is 1.47 bits per heavy atom. The highest BCUT2D eigenvalue weighted by Crippen LogP contribution is 2.26. The van der Waals surface area contributed by atoms with E-state index in [0.29, 0.717) is 0 Å². The zero-order valence-corrected chi connectivity index (χ0v) is 11.0. The van der Waals surface area contributed by atoms with Crippen LogP contribution >= 0.6 is 27.3 Å². The van der Waals surface area contributed by atoms with Gasteiger partial charge in [0, 0.05) is 21.2 Å². The monoisotopic (exact) mass is 286 g/mol. The van der Waals surface area contributed by atoms with E-state index in [4.69, 9.17) is 0 Å². The van der Waals surface area contributed by atoms with Crippen molar-refractivity contribution < 1.29 is 5.11 Å². The van der Waals surface area contributed by atoms with Crippen molar-refractivity contribution in [3.63, 3.8) is 0 Å². The first-order chi connectivity index (χ1) is 7.24. The third-order valence-electron chi connectivity index (χ3n) is 2.70. The van der Waals surface area contributed by atoms with Crippen LogP contribution in [0.3, 0.4) is 0 Å². The second kappa shape index (κ2) is 5.28. The summed E-state index contributed by atoms with van der Waals surface area (Å²) < 4.78 is 1.16. The van der Waals surface area contributed by atoms with Crippen LogP contribution < -0.4 is 0 Å². The first kappa shape index (κ1) is 11.4. The topological polar surface area (TPSA) is 20.2 Å². The number of allylic oxidation sites excluding steroid dienone is 1. The summed E-state index contributed by atoms with van der Waals surface area (Å²) >= 11 is 5.25. The number of aliphatic hydroxyl groups excluding tert-OH is 1. The van der Waals surface area contributed by atoms with Gasteiger partial charge < -0.3 is 5.11 Å². The molecule has 1 atom stereocenters. The number of halogens is 1. The maximum atomic E-state index is 9.66. The van der Waals surface area contributed by atoms with E-state index in [1.165, 1.54) is 16.9 Å². The third kappa shape index (κ3) is 3.44. The van der Waals surface area contributed by atoms with Crippen molar-refractivity contribution in [3.05, 3.63) is 32.4 Å². The third-order valence-corrected chi connectivity index (χ3v) is 4.40. The van der Waals surface area contributed by atoms with E-state index in [1.807, 2.05) is 0 Å². The van der Waals surface area contributed by atoms with Gasteiger partial charge in [-0.05, 0) is 41.3 Å². The smallest absolute Gasteiger partial charge is 0.0723 e. The molecule has 0 aromatic carbocycles. The molecule has 1 aliphatic carbocycles. The fourth-order valence-electron chi connectivity index (χ4n) is 1.96. The van der Waals surface area contributed by atoms with Gasteiger partial charge in [-0.1, -0.05) is 18.1 Å². The Morgan fingerprint density at radius 2 is 2.33 bits per heavy atom. The Labute approximate surface area is 103 Å². The normalized spacial score (nSPS) is 22.3. The number of hydrogen-bond donors (Lipinski definition) is 1. The standard InChI is InChI=1S/C12H15BrOS/c13-10-7-12(15-8-10)6-9-3-1-2-4-11(14)5-9/h5,7-8,11,14H,1-4,6H2. The van der Waals surface area contributed by atoms with Crippen molar-refractivity contribution in [2.75, 3.05) is 0 Å². The van der Waals surface area contributed by atoms with Gasteiger partial charge >= 0.3 is 0 Å². The molecule has 1 unspecified atom stereocenters. The number of rotatable bonds is 2. The molecule has 0 aliphatic heterocycles. The predicted molar refractivity (Wildman–Crippen MR) is 68.3 cm³/mol. The summed E-state index contributed by atoms with van der Waals surface area (Å²) in [5, 5.41) is 11.8. The summed E-state index contributed by atoms with van der Waals surface area (Å²) in [4.78, 5) is 1.38. The quantitative estimate of drug-likeness (QED) is 0.818. The second-order valence-corrected chi connectivity index (χ2v) is 5.96. The van der Waals surface area contributed by atoms with Crippen LogP contribution in [0.5, 0.6) is 0 Å². The van der Waals surface area contributed by atoms with E-state index < -0.39 is 0 Å². The largest absolute Gasteiger partial charge is 0.389 e. The summed E-state index contributed by atoms with van der Waals surface area (Å²) in [6.45, 7) is 0. The van der Waals surface area contributed by atoms with E-state index in [1.54, 1.807) is 11.3 Å². The first-order valence-corrected chi connectivity index (χ1v) is 7.02. The molecule has 2 rings (SSSR count). The van der Waals surface area contributed by atoms with Gasteiger partial charge in [0.2, 0.25) is 0 Å². The van der Waals surface area contributed by atoms with Crippen molar-refractivity contribution in [3.8, 4) is 0 Å². The Morgan fingerprint density at radius 3 is 3.07 bits per heavy atom. The van der Waals surface area contributed by atoms with Gasteiger partial charge in [0.25, 0.3) is 0 Å². The Balaban J connectivity index is 2.04. The zero-order chi connectivity index (χ0) is 10.7. The molecule has 0 radical (unpaired) electrons. The lowest BCUT2D eigenvalue weighted by Crippen LogP contribution is -2.00. The molecule has 0 saturated carbocycles. The lowest BCUT2D eigenvalue weighted by Gasteiger charge is -2.04. The molecule has 0 spiro atoms. The fourth-order valence-corrected chi connectivity index (χ4v) is 3.47. The van der Waals surface area contributed by atoms with E-state index in [-0.39, 0.29) is 6.10 Å². The van der Waals surface area contributed by atoms with E-state index in [0.717, 1.165) is 30.2 Å². The first-order valence-electron chi connectivity index (χ1n) is 5.34. The molecule has 1 aliphatic rings. The molecular formula is C12H15BrOS. The molecule has 1 aromatic rings. The molecule has 15 heavy (non-hydrogen) atoms. The van der Waals surface area contributed by atoms with E-state index in [2.05, 4.69) is 33.5 Å². The lowest BCUT2D eigenvalue weighted by atomic mass is 10.1. The predicted octanol–water partition coefficient (Wildman–Crippen LogP) is 3.91. The molecule has 1 aromatic heterocycles. The van der Waals surface area contributed by atoms with Crippen LogP contribution in [0.4, 0.5) is 0 Å². The number of hydrogen-bond acceptors (Lipinski definition) is 2. The molecule has 0 fully saturated rings. The van der Waals surface area contributed by atoms with Gasteiger partial charge in [-0.3, -0.25) is 0 Å². The zero-order valence-electron chi connectivity index (χ0n) is 8.58. The molecular weight excluding hydrogens is 272 g/mol. The van der Waals surface area contributed by atoms with Gasteiger partial charge in [-0.15, -0.1) is 11.3 Å². The van der Waals surface area contributed by atoms with Crippen LogP contribution in [0.2, 0.25) is 0 Å². The minimum atomic E-state index is -0.217. The lowest BCUT2D eigenvalue weighted by molar-refractivity contribution is 0.211. The summed E-state index contributed by atoms with van der Waals surface area (Å²) in [5.41, 5.74) is 1.40. The van der Waals surface area contributed by atoms with Crippen molar-refractivity contribution in [1.82, 2.24) is 0 Å². The van der Waals surface area contributed by atoms with E-state index >= 15 is 0 Å². The SMILES string of the molecule is OC1C=C(Cc2cc(Br)cs2)CCCC1. The maximum absolute atomic E-state index is 9.66. The van der Waals surface area contributed by atoms with Crippen molar-refractivity contribution >= 4 is 27.3 Å². The molecule has 0 saturated heterocycles. The van der Waals surface area contributed by atoms with Crippen LogP contribution in [0.25, 0.3) is 0 Å². The average molecular weight is 287 g/mol. The van der Waals surface area contributed by atoms with Crippen LogP contribution in [0.1, 0.15) is 30.6 Å². The van der Waals surface area contributed by atoms with Crippen LogP contribution in [0, 0.1) is 0 Å². The Bertz CT molecular complexity index is 356. The van der Waals surface area contributed by atoms with Crippen LogP contribution in [-0.2, 0) is 6.42 Å². The summed E-state index contributed by atoms with van der Waals surface area (Å²) in [6, 6.07) is 2.17. The fraction of sp³-hybridized carbons (Fsp3) is 0.500. The van der Waals surface area contributed by atoms with Crippen molar-refractivity contribution in [2.45, 2.75) is 38.2 Å². The number of thiophene rings is 1. The highest BCUT2D eigenvalue weighted by Gasteiger charge is 2.10. The molecule has 0 bridgehead atoms. The van der Waals surface area contributed by atoms with Gasteiger partial charge in [0.05, 0.1) is 6.10 Å². The van der Waals surface area contributed by atoms with Crippen LogP contribution in [0.15, 0.2) is 27.6 Å². The van der Waals surface area contributed by atoms with Crippen molar-refractivity contribution in [1.29, 1.82) is 0 Å². The summed E-state index contributed by atoms with van der Waals surface area (Å²) in [6.07, 6.45) is 7.29. The second-order valence-electron chi connectivity index (χ2n) is 4.05. The maximum Gasteiger partial charge on any atom is 0.0723 e. The minimum Gasteiger partial charge on any atom is -0.389 e. The van der Waals surface area contributed by atoms with Crippen LogP contribution in [-0.4, -0.2) is 11.2 Å². The highest BCUT2D eigenvalue weighted by molar-refractivity contribution is 9.10. The molecule has 82 valence electrons. The highest BCUT2D eigenvalue weighted by atomic mass is 79.9. The Kier molecular flexibility index (Phi) is 4.00. The van der Waals surface area contributed by atoms with Gasteiger partial charge in [-0.2, -0.15) is 0 Å². The van der Waals surface area contributed by atoms with Gasteiger partial charge in [0.15, 0.2) is 0 Å². The van der Waals surface area contributed by atoms with Gasteiger partial charge in [0.1, 0.15) is 0 Å². The molecule has 1 N–H and O–H groups in total. The van der Waals surface area contributed by atoms with Gasteiger partial charge in [-0.25, -0.2) is 0 Å². The van der Waals surface area contributed by atoms with Crippen molar-refractivity contribution in [2.24, 2.45) is 0 Å². The van der Waals surface area contributed by atoms with E-state index in [9.17, 15) is 5.11 Å². The molecule has 1 heterocycles. The molecule has 3 heteroatoms. The average Bonchev–Trinajstić information content (AvgIpc) is 2.46. The number of aliphatic hydroxyl groups is 1. The molecule has 0 amide bonds. The minimum absolute atomic E-state index is 0.217. The Hall–Kier alpha value is -0.120. The summed E-state index contributed by atoms with van der Waals surface area (Å²) in [7, 11) is 0. The molecule has 1 nitrogen and oxygen atoms in total.